The molecule has 8 heteroatoms. The number of ketones is 1. The molecule has 1 aromatic carbocycles. The van der Waals surface area contributed by atoms with Crippen LogP contribution in [0.5, 0.6) is 0 Å². The molecular weight excluding hydrogens is 444 g/mol. The summed E-state index contributed by atoms with van der Waals surface area (Å²) in [5.74, 6) is -0.662. The van der Waals surface area contributed by atoms with Gasteiger partial charge in [-0.05, 0) is 37.1 Å². The van der Waals surface area contributed by atoms with E-state index in [2.05, 4.69) is 20.9 Å². The van der Waals surface area contributed by atoms with Gasteiger partial charge in [-0.25, -0.2) is 9.78 Å². The summed E-state index contributed by atoms with van der Waals surface area (Å²) in [4.78, 5) is 42.8. The molecule has 1 aliphatic rings. The van der Waals surface area contributed by atoms with E-state index in [0.29, 0.717) is 10.6 Å². The van der Waals surface area contributed by atoms with E-state index in [1.165, 1.54) is 11.8 Å². The molecule has 146 valence electrons. The zero-order chi connectivity index (χ0) is 19.9. The number of ether oxygens (including phenoxy) is 1. The predicted molar refractivity (Wildman–Crippen MR) is 110 cm³/mol. The molecule has 1 fully saturated rings. The maximum Gasteiger partial charge on any atom is 0.341 e. The third-order valence-corrected chi connectivity index (χ3v) is 5.80. The summed E-state index contributed by atoms with van der Waals surface area (Å²) in [6.45, 7) is 1.22. The fraction of sp³-hybridized carbons (Fsp3) is 0.300. The third-order valence-electron chi connectivity index (χ3n) is 4.28. The lowest BCUT2D eigenvalue weighted by molar-refractivity contribution is -0.127. The van der Waals surface area contributed by atoms with Crippen molar-refractivity contribution in [1.82, 2.24) is 9.88 Å². The highest BCUT2D eigenvalue weighted by Crippen LogP contribution is 2.22. The highest BCUT2D eigenvalue weighted by molar-refractivity contribution is 9.10. The number of Topliss-reactive ketones (excluding diaryl/α,β-unsaturated/α-hetero) is 1. The van der Waals surface area contributed by atoms with Crippen molar-refractivity contribution < 1.29 is 19.1 Å². The number of hydrogen-bond donors (Lipinski definition) is 0. The smallest absolute Gasteiger partial charge is 0.341 e. The standard InChI is InChI=1S/C20H19BrN2O4S/c21-15-7-5-14(6-8-15)17(24)12-27-20(26)16-4-3-9-22-19(16)28-13-18(25)23-10-1-2-11-23/h3-9H,1-2,10-13H2. The van der Waals surface area contributed by atoms with E-state index in [9.17, 15) is 14.4 Å². The molecule has 2 heterocycles. The van der Waals surface area contributed by atoms with Gasteiger partial charge in [-0.2, -0.15) is 0 Å². The monoisotopic (exact) mass is 462 g/mol. The molecule has 1 amide bonds. The Kier molecular flexibility index (Phi) is 7.22. The molecule has 2 aromatic rings. The molecular formula is C20H19BrN2O4S. The molecule has 0 unspecified atom stereocenters. The number of amides is 1. The predicted octanol–water partition coefficient (Wildman–Crippen LogP) is 3.60. The Morgan fingerprint density at radius 2 is 1.82 bits per heavy atom. The zero-order valence-corrected chi connectivity index (χ0v) is 17.5. The third kappa shape index (κ3) is 5.42. The summed E-state index contributed by atoms with van der Waals surface area (Å²) in [5, 5.41) is 0.427. The molecule has 3 rings (SSSR count). The van der Waals surface area contributed by atoms with Gasteiger partial charge >= 0.3 is 5.97 Å². The molecule has 1 saturated heterocycles. The Morgan fingerprint density at radius 1 is 1.11 bits per heavy atom. The number of hydrogen-bond acceptors (Lipinski definition) is 6. The number of nitrogens with zero attached hydrogens (tertiary/aromatic N) is 2. The van der Waals surface area contributed by atoms with Gasteiger partial charge in [0, 0.05) is 29.3 Å². The van der Waals surface area contributed by atoms with Crippen LogP contribution >= 0.6 is 27.7 Å². The van der Waals surface area contributed by atoms with Crippen LogP contribution in [0.25, 0.3) is 0 Å². The first kappa shape index (κ1) is 20.5. The first-order valence-corrected chi connectivity index (χ1v) is 10.6. The minimum absolute atomic E-state index is 0.0397. The van der Waals surface area contributed by atoms with E-state index in [0.717, 1.165) is 30.4 Å². The second-order valence-corrected chi connectivity index (χ2v) is 8.12. The van der Waals surface area contributed by atoms with E-state index < -0.39 is 5.97 Å². The van der Waals surface area contributed by atoms with E-state index in [1.807, 2.05) is 4.90 Å². The summed E-state index contributed by atoms with van der Waals surface area (Å²) in [7, 11) is 0. The number of likely N-dealkylation sites (tertiary alicyclic amines) is 1. The van der Waals surface area contributed by atoms with Crippen LogP contribution in [0.2, 0.25) is 0 Å². The van der Waals surface area contributed by atoms with Crippen molar-refractivity contribution in [3.63, 3.8) is 0 Å². The topological polar surface area (TPSA) is 76.6 Å². The molecule has 0 atom stereocenters. The van der Waals surface area contributed by atoms with Crippen molar-refractivity contribution in [3.05, 3.63) is 58.2 Å². The van der Waals surface area contributed by atoms with Crippen molar-refractivity contribution in [3.8, 4) is 0 Å². The molecule has 0 spiro atoms. The van der Waals surface area contributed by atoms with Gasteiger partial charge in [0.05, 0.1) is 11.3 Å². The van der Waals surface area contributed by atoms with Crippen molar-refractivity contribution in [2.75, 3.05) is 25.4 Å². The van der Waals surface area contributed by atoms with Gasteiger partial charge in [0.25, 0.3) is 0 Å². The molecule has 0 bridgehead atoms. The van der Waals surface area contributed by atoms with Crippen LogP contribution in [0.1, 0.15) is 33.6 Å². The molecule has 1 aliphatic heterocycles. The summed E-state index contributed by atoms with van der Waals surface area (Å²) in [6.07, 6.45) is 3.63. The average Bonchev–Trinajstić information content (AvgIpc) is 3.26. The van der Waals surface area contributed by atoms with Gasteiger partial charge < -0.3 is 9.64 Å². The Morgan fingerprint density at radius 3 is 2.54 bits per heavy atom. The maximum atomic E-state index is 12.4. The van der Waals surface area contributed by atoms with Gasteiger partial charge in [-0.3, -0.25) is 9.59 Å². The Bertz CT molecular complexity index is 867. The highest BCUT2D eigenvalue weighted by Gasteiger charge is 2.21. The number of esters is 1. The minimum Gasteiger partial charge on any atom is -0.454 e. The molecule has 28 heavy (non-hydrogen) atoms. The maximum absolute atomic E-state index is 12.4. The summed E-state index contributed by atoms with van der Waals surface area (Å²) in [5.41, 5.74) is 0.721. The number of halogens is 1. The van der Waals surface area contributed by atoms with Gasteiger partial charge in [0.2, 0.25) is 5.91 Å². The van der Waals surface area contributed by atoms with Crippen LogP contribution in [-0.2, 0) is 9.53 Å². The van der Waals surface area contributed by atoms with Crippen molar-refractivity contribution >= 4 is 45.4 Å². The number of aromatic nitrogens is 1. The van der Waals surface area contributed by atoms with Crippen LogP contribution in [0.4, 0.5) is 0 Å². The van der Waals surface area contributed by atoms with Gasteiger partial charge in [0.15, 0.2) is 12.4 Å². The van der Waals surface area contributed by atoms with Crippen LogP contribution in [-0.4, -0.2) is 53.0 Å². The number of pyridine rings is 1. The van der Waals surface area contributed by atoms with Gasteiger partial charge in [0.1, 0.15) is 5.03 Å². The molecule has 0 saturated carbocycles. The number of thioether (sulfide) groups is 1. The first-order chi connectivity index (χ1) is 13.5. The zero-order valence-electron chi connectivity index (χ0n) is 15.1. The van der Waals surface area contributed by atoms with Crippen LogP contribution in [0.15, 0.2) is 52.1 Å². The normalized spacial score (nSPS) is 13.4. The van der Waals surface area contributed by atoms with E-state index >= 15 is 0 Å². The molecule has 0 N–H and O–H groups in total. The lowest BCUT2D eigenvalue weighted by atomic mass is 10.1. The second-order valence-electron chi connectivity index (χ2n) is 6.24. The summed E-state index contributed by atoms with van der Waals surface area (Å²) >= 11 is 4.52. The lowest BCUT2D eigenvalue weighted by Crippen LogP contribution is -2.29. The van der Waals surface area contributed by atoms with Crippen LogP contribution in [0, 0.1) is 0 Å². The lowest BCUT2D eigenvalue weighted by Gasteiger charge is -2.15. The number of benzene rings is 1. The SMILES string of the molecule is O=C(COC(=O)c1cccnc1SCC(=O)N1CCCC1)c1ccc(Br)cc1. The van der Waals surface area contributed by atoms with E-state index in [1.54, 1.807) is 42.6 Å². The van der Waals surface area contributed by atoms with Crippen LogP contribution < -0.4 is 0 Å². The summed E-state index contributed by atoms with van der Waals surface area (Å²) in [6, 6.07) is 10.0. The number of carbonyl (C=O) groups excluding carboxylic acids is 3. The van der Waals surface area contributed by atoms with Crippen molar-refractivity contribution in [1.29, 1.82) is 0 Å². The first-order valence-electron chi connectivity index (χ1n) is 8.86. The van der Waals surface area contributed by atoms with Crippen LogP contribution in [0.3, 0.4) is 0 Å². The fourth-order valence-corrected chi connectivity index (χ4v) is 3.93. The average molecular weight is 463 g/mol. The summed E-state index contributed by atoms with van der Waals surface area (Å²) < 4.78 is 6.04. The Balaban J connectivity index is 1.58. The second kappa shape index (κ2) is 9.84. The van der Waals surface area contributed by atoms with E-state index in [-0.39, 0.29) is 29.6 Å². The van der Waals surface area contributed by atoms with Gasteiger partial charge in [-0.15, -0.1) is 0 Å². The van der Waals surface area contributed by atoms with Crippen molar-refractivity contribution in [2.24, 2.45) is 0 Å². The number of rotatable bonds is 7. The molecule has 0 radical (unpaired) electrons. The molecule has 6 nitrogen and oxygen atoms in total. The van der Waals surface area contributed by atoms with Gasteiger partial charge in [-0.1, -0.05) is 39.8 Å². The molecule has 0 aliphatic carbocycles. The van der Waals surface area contributed by atoms with E-state index in [4.69, 9.17) is 4.74 Å². The minimum atomic E-state index is -0.630. The quantitative estimate of drug-likeness (QED) is 0.355. The largest absolute Gasteiger partial charge is 0.454 e. The van der Waals surface area contributed by atoms with Crippen molar-refractivity contribution in [2.45, 2.75) is 17.9 Å². The Labute approximate surface area is 175 Å². The fourth-order valence-electron chi connectivity index (χ4n) is 2.78. The highest BCUT2D eigenvalue weighted by atomic mass is 79.9. The Hall–Kier alpha value is -2.19. The molecule has 1 aromatic heterocycles. The number of carbonyl (C=O) groups is 3.